The van der Waals surface area contributed by atoms with Crippen molar-refractivity contribution in [2.24, 2.45) is 0 Å². The number of nitrogens with zero attached hydrogens (tertiary/aromatic N) is 7. The Morgan fingerprint density at radius 2 is 1.14 bits per heavy atom. The lowest BCUT2D eigenvalue weighted by Gasteiger charge is -2.44. The van der Waals surface area contributed by atoms with Gasteiger partial charge in [-0.05, 0) is 37.1 Å². The fourth-order valence-corrected chi connectivity index (χ4v) is 7.23. The minimum atomic E-state index is -5.15. The lowest BCUT2D eigenvalue weighted by Crippen LogP contribution is -2.43. The van der Waals surface area contributed by atoms with Crippen molar-refractivity contribution in [2.75, 3.05) is 66.3 Å². The molecule has 0 aliphatic rings. The average molecular weight is 942 g/mol. The Bertz CT molecular complexity index is 2260. The molecule has 23 nitrogen and oxygen atoms in total. The van der Waals surface area contributed by atoms with Crippen LogP contribution in [0.15, 0.2) is 48.8 Å². The van der Waals surface area contributed by atoms with Crippen molar-refractivity contribution in [1.82, 2.24) is 34.3 Å². The number of pyridine rings is 1. The molecule has 0 saturated heterocycles. The van der Waals surface area contributed by atoms with Gasteiger partial charge in [0, 0.05) is 70.2 Å². The van der Waals surface area contributed by atoms with Crippen LogP contribution in [-0.4, -0.2) is 134 Å². The number of unbranched alkanes of at least 4 members (excludes halogenated alkanes) is 2. The second-order valence-electron chi connectivity index (χ2n) is 14.0. The standard InChI is InChI=1S/C40H49N7O16P2/c1-60-15-17-62-34-22-31(35(63-18-16-61-2)21-30(34)7-5-3-4-6-8-38(48)49)10-9-29-19-36(46-13-11-32(42-46)23-44(25-39(50)51)27-64(54,55)56)41-37(20-29)47-14-12-33(43-47)24-45(26-40(52)53)28-65(57,58)59/h11-14,19-22H,3-4,6,8,15-18,23-28H2,1-2H3,(H,48,49)(H,50,51)(H,52,53)(H2,54,55,56)(H2,57,58,59)/p-4. The predicted octanol–water partition coefficient (Wildman–Crippen LogP) is -2.73. The molecule has 0 atom stereocenters. The third-order valence-electron chi connectivity index (χ3n) is 8.47. The first-order valence-corrected chi connectivity index (χ1v) is 22.9. The van der Waals surface area contributed by atoms with Crippen molar-refractivity contribution in [2.45, 2.75) is 38.8 Å². The Morgan fingerprint density at radius 3 is 1.57 bits per heavy atom. The molecule has 1 aromatic carbocycles. The van der Waals surface area contributed by atoms with Crippen LogP contribution in [0.1, 0.15) is 53.8 Å². The van der Waals surface area contributed by atoms with Crippen LogP contribution in [0.25, 0.3) is 11.6 Å². The zero-order valence-electron chi connectivity index (χ0n) is 35.2. The highest BCUT2D eigenvalue weighted by Gasteiger charge is 2.19. The summed E-state index contributed by atoms with van der Waals surface area (Å²) in [6.07, 6.45) is 2.26. The third-order valence-corrected chi connectivity index (χ3v) is 9.96. The molecule has 3 N–H and O–H groups in total. The quantitative estimate of drug-likeness (QED) is 0.0327. The number of aliphatic carboxylic acids is 3. The maximum absolute atomic E-state index is 11.5. The minimum Gasteiger partial charge on any atom is -0.687 e. The molecule has 0 fully saturated rings. The van der Waals surface area contributed by atoms with E-state index in [1.165, 1.54) is 60.2 Å². The molecule has 350 valence electrons. The van der Waals surface area contributed by atoms with Crippen molar-refractivity contribution in [3.63, 3.8) is 0 Å². The molecular formula is C40H45N7O16P2-4. The summed E-state index contributed by atoms with van der Waals surface area (Å²) in [4.78, 5) is 109. The molecule has 0 amide bonds. The Labute approximate surface area is 374 Å². The zero-order chi connectivity index (χ0) is 47.6. The first-order chi connectivity index (χ1) is 30.8. The topological polar surface area (TPSA) is 342 Å². The smallest absolute Gasteiger partial charge is 0.317 e. The summed E-state index contributed by atoms with van der Waals surface area (Å²) >= 11 is 0. The Kier molecular flexibility index (Phi) is 20.1. The Balaban J connectivity index is 1.81. The van der Waals surface area contributed by atoms with Gasteiger partial charge in [0.15, 0.2) is 11.6 Å². The number of aromatic nitrogens is 5. The van der Waals surface area contributed by atoms with Gasteiger partial charge < -0.3 is 63.6 Å². The number of hydrogen-bond acceptors (Lipinski definition) is 18. The van der Waals surface area contributed by atoms with Gasteiger partial charge >= 0.3 is 17.9 Å². The van der Waals surface area contributed by atoms with E-state index in [4.69, 9.17) is 24.1 Å². The third kappa shape index (κ3) is 19.2. The summed E-state index contributed by atoms with van der Waals surface area (Å²) < 4.78 is 25.0. The Morgan fingerprint density at radius 1 is 0.662 bits per heavy atom. The fraction of sp³-hybridized carbons (Fsp3) is 0.400. The molecule has 0 bridgehead atoms. The van der Waals surface area contributed by atoms with Crippen LogP contribution >= 0.6 is 15.9 Å². The van der Waals surface area contributed by atoms with Gasteiger partial charge in [-0.3, -0.25) is 24.2 Å². The van der Waals surface area contributed by atoms with Gasteiger partial charge in [-0.1, -0.05) is 23.7 Å². The molecular weight excluding hydrogens is 896 g/mol. The van der Waals surface area contributed by atoms with Gasteiger partial charge in [-0.2, -0.15) is 10.2 Å². The monoisotopic (exact) mass is 941 g/mol. The number of hydrogen-bond donors (Lipinski definition) is 3. The van der Waals surface area contributed by atoms with E-state index in [1.807, 2.05) is 0 Å². The van der Waals surface area contributed by atoms with Crippen molar-refractivity contribution in [1.29, 1.82) is 0 Å². The van der Waals surface area contributed by atoms with Gasteiger partial charge in [-0.15, -0.1) is 15.9 Å². The van der Waals surface area contributed by atoms with Crippen LogP contribution in [0.2, 0.25) is 0 Å². The van der Waals surface area contributed by atoms with Gasteiger partial charge in [0.1, 0.15) is 24.7 Å². The average Bonchev–Trinajstić information content (AvgIpc) is 3.87. The van der Waals surface area contributed by atoms with E-state index in [9.17, 15) is 54.0 Å². The van der Waals surface area contributed by atoms with Crippen LogP contribution in [0.3, 0.4) is 0 Å². The summed E-state index contributed by atoms with van der Waals surface area (Å²) in [6, 6.07) is 9.28. The van der Waals surface area contributed by atoms with Crippen LogP contribution in [-0.2, 0) is 36.9 Å². The number of carboxylic acid groups (broad SMARTS) is 3. The normalized spacial score (nSPS) is 11.5. The Hall–Kier alpha value is -5.62. The van der Waals surface area contributed by atoms with Crippen molar-refractivity contribution in [3.05, 3.63) is 76.9 Å². The molecule has 4 aromatic rings. The molecule has 0 radical (unpaired) electrons. The van der Waals surface area contributed by atoms with Gasteiger partial charge in [-0.25, -0.2) is 14.3 Å². The zero-order valence-corrected chi connectivity index (χ0v) is 37.0. The molecule has 0 spiro atoms. The molecule has 0 aliphatic carbocycles. The number of carboxylic acids is 3. The van der Waals surface area contributed by atoms with Crippen LogP contribution in [0.5, 0.6) is 11.5 Å². The molecule has 65 heavy (non-hydrogen) atoms. The van der Waals surface area contributed by atoms with E-state index in [0.29, 0.717) is 47.5 Å². The lowest BCUT2D eigenvalue weighted by atomic mass is 10.1. The number of rotatable bonds is 26. The second kappa shape index (κ2) is 25.2. The molecule has 0 saturated carbocycles. The maximum atomic E-state index is 11.5. The van der Waals surface area contributed by atoms with Crippen molar-refractivity contribution in [3.8, 4) is 46.8 Å². The first-order valence-electron chi connectivity index (χ1n) is 19.5. The van der Waals surface area contributed by atoms with E-state index < -0.39 is 59.5 Å². The van der Waals surface area contributed by atoms with E-state index in [1.54, 1.807) is 12.1 Å². The van der Waals surface area contributed by atoms with Crippen molar-refractivity contribution < 1.29 is 78.0 Å². The highest BCUT2D eigenvalue weighted by molar-refractivity contribution is 7.54. The molecule has 3 aromatic heterocycles. The van der Waals surface area contributed by atoms with Crippen LogP contribution in [0, 0.1) is 23.7 Å². The van der Waals surface area contributed by atoms with Crippen molar-refractivity contribution >= 4 is 33.8 Å². The number of carbonyl (C=O) groups is 3. The largest absolute Gasteiger partial charge is 0.687 e. The summed E-state index contributed by atoms with van der Waals surface area (Å²) in [7, 11) is -7.27. The summed E-state index contributed by atoms with van der Waals surface area (Å²) in [5.41, 5.74) is 1.50. The second-order valence-corrected chi connectivity index (χ2v) is 17.0. The first kappa shape index (κ1) is 52.0. The maximum Gasteiger partial charge on any atom is 0.317 e. The minimum absolute atomic E-state index is 0.0288. The van der Waals surface area contributed by atoms with Crippen LogP contribution < -0.4 is 38.8 Å². The van der Waals surface area contributed by atoms with E-state index in [0.717, 1.165) is 9.80 Å². The number of ether oxygens (including phenoxy) is 4. The molecule has 4 rings (SSSR count). The number of methoxy groups -OCH3 is 2. The lowest BCUT2D eigenvalue weighted by molar-refractivity contribution is -0.431. The van der Waals surface area contributed by atoms with E-state index in [2.05, 4.69) is 38.9 Å². The van der Waals surface area contributed by atoms with Crippen LogP contribution in [0.4, 0.5) is 0 Å². The molecule has 0 aliphatic heterocycles. The highest BCUT2D eigenvalue weighted by atomic mass is 31.2. The number of benzene rings is 1. The van der Waals surface area contributed by atoms with Gasteiger partial charge in [0.25, 0.3) is 0 Å². The van der Waals surface area contributed by atoms with E-state index in [-0.39, 0.29) is 69.0 Å². The molecule has 25 heteroatoms. The van der Waals surface area contributed by atoms with Gasteiger partial charge in [0.2, 0.25) is 0 Å². The fourth-order valence-electron chi connectivity index (χ4n) is 5.85. The molecule has 3 heterocycles. The SMILES string of the molecule is COCCOc1cc(C#Cc2cc(-n3ccc(CN(CC(=O)O)C[P+]([O-])([O-])[O-])n3)nc(-n3ccc(CN(CC(=O)O)C[P+]([O-])([O-])[O-])n3)c2)c(OCCOC)cc1C#CCCCCC(=O)O. The summed E-state index contributed by atoms with van der Waals surface area (Å²) in [5.74, 6) is 9.59. The predicted molar refractivity (Wildman–Crippen MR) is 218 cm³/mol. The highest BCUT2D eigenvalue weighted by Crippen LogP contribution is 2.31. The summed E-state index contributed by atoms with van der Waals surface area (Å²) in [5, 5.41) is 36.4. The summed E-state index contributed by atoms with van der Waals surface area (Å²) in [6.45, 7) is -1.40. The van der Waals surface area contributed by atoms with E-state index >= 15 is 0 Å². The molecule has 0 unspecified atom stereocenters. The van der Waals surface area contributed by atoms with Gasteiger partial charge in [0.05, 0.1) is 61.4 Å².